The van der Waals surface area contributed by atoms with E-state index in [1.807, 2.05) is 30.3 Å². The number of hydrogen-bond acceptors (Lipinski definition) is 4. The molecular weight excluding hydrogens is 256 g/mol. The Morgan fingerprint density at radius 3 is 2.35 bits per heavy atom. The van der Waals surface area contributed by atoms with Crippen molar-refractivity contribution in [2.75, 3.05) is 7.11 Å². The van der Waals surface area contributed by atoms with Gasteiger partial charge in [0.1, 0.15) is 18.6 Å². The number of nitrogens with two attached hydrogens (primary N) is 1. The minimum absolute atomic E-state index is 0.0130. The third kappa shape index (κ3) is 3.14. The SMILES string of the molecule is CO/N=C(\C(N)=O)c1ccccc1Oc1ccccc1. The highest BCUT2D eigenvalue weighted by Gasteiger charge is 2.16. The number of rotatable bonds is 5. The summed E-state index contributed by atoms with van der Waals surface area (Å²) in [7, 11) is 1.35. The van der Waals surface area contributed by atoms with Gasteiger partial charge in [0.25, 0.3) is 5.91 Å². The molecule has 1 amide bonds. The molecule has 102 valence electrons. The molecule has 0 bridgehead atoms. The second kappa shape index (κ2) is 6.38. The molecule has 0 aliphatic carbocycles. The molecule has 20 heavy (non-hydrogen) atoms. The van der Waals surface area contributed by atoms with E-state index < -0.39 is 5.91 Å². The summed E-state index contributed by atoms with van der Waals surface area (Å²) in [5.74, 6) is 0.449. The molecule has 0 saturated heterocycles. The van der Waals surface area contributed by atoms with Gasteiger partial charge in [-0.15, -0.1) is 0 Å². The quantitative estimate of drug-likeness (QED) is 0.669. The van der Waals surface area contributed by atoms with E-state index in [1.54, 1.807) is 24.3 Å². The third-order valence-electron chi connectivity index (χ3n) is 2.53. The molecule has 0 aliphatic rings. The van der Waals surface area contributed by atoms with Gasteiger partial charge in [-0.3, -0.25) is 4.79 Å². The van der Waals surface area contributed by atoms with Crippen LogP contribution in [0.4, 0.5) is 0 Å². The summed E-state index contributed by atoms with van der Waals surface area (Å²) < 4.78 is 5.74. The highest BCUT2D eigenvalue weighted by Crippen LogP contribution is 2.25. The van der Waals surface area contributed by atoms with E-state index in [-0.39, 0.29) is 5.71 Å². The van der Waals surface area contributed by atoms with Gasteiger partial charge in [-0.05, 0) is 24.3 Å². The first-order valence-corrected chi connectivity index (χ1v) is 5.95. The zero-order valence-corrected chi connectivity index (χ0v) is 10.9. The number of oxime groups is 1. The van der Waals surface area contributed by atoms with Crippen LogP contribution in [0.1, 0.15) is 5.56 Å². The molecule has 2 rings (SSSR count). The molecule has 5 nitrogen and oxygen atoms in total. The molecule has 0 unspecified atom stereocenters. The van der Waals surface area contributed by atoms with Gasteiger partial charge < -0.3 is 15.3 Å². The van der Waals surface area contributed by atoms with Crippen LogP contribution < -0.4 is 10.5 Å². The summed E-state index contributed by atoms with van der Waals surface area (Å²) in [5, 5.41) is 3.66. The number of amides is 1. The van der Waals surface area contributed by atoms with E-state index in [0.717, 1.165) is 0 Å². The zero-order chi connectivity index (χ0) is 14.4. The van der Waals surface area contributed by atoms with Crippen molar-refractivity contribution in [2.24, 2.45) is 10.9 Å². The van der Waals surface area contributed by atoms with Crippen molar-refractivity contribution in [1.82, 2.24) is 0 Å². The van der Waals surface area contributed by atoms with Gasteiger partial charge in [-0.1, -0.05) is 35.5 Å². The lowest BCUT2D eigenvalue weighted by Gasteiger charge is -2.10. The lowest BCUT2D eigenvalue weighted by Crippen LogP contribution is -2.24. The maximum absolute atomic E-state index is 11.5. The molecule has 2 aromatic rings. The van der Waals surface area contributed by atoms with Crippen molar-refractivity contribution >= 4 is 11.6 Å². The first-order valence-electron chi connectivity index (χ1n) is 5.95. The van der Waals surface area contributed by atoms with Gasteiger partial charge in [-0.25, -0.2) is 0 Å². The molecular formula is C15H14N2O3. The van der Waals surface area contributed by atoms with Crippen molar-refractivity contribution in [3.05, 3.63) is 60.2 Å². The lowest BCUT2D eigenvalue weighted by atomic mass is 10.1. The second-order valence-corrected chi connectivity index (χ2v) is 3.90. The molecule has 0 heterocycles. The zero-order valence-electron chi connectivity index (χ0n) is 10.9. The average molecular weight is 270 g/mol. The van der Waals surface area contributed by atoms with Gasteiger partial charge in [0.05, 0.1) is 5.56 Å². The number of carbonyl (C=O) groups is 1. The minimum atomic E-state index is -0.684. The Hall–Kier alpha value is -2.82. The minimum Gasteiger partial charge on any atom is -0.457 e. The normalized spacial score (nSPS) is 10.9. The van der Waals surface area contributed by atoms with Crippen LogP contribution in [0, 0.1) is 0 Å². The van der Waals surface area contributed by atoms with Crippen LogP contribution in [0.5, 0.6) is 11.5 Å². The molecule has 0 fully saturated rings. The van der Waals surface area contributed by atoms with E-state index in [2.05, 4.69) is 9.99 Å². The molecule has 5 heteroatoms. The molecule has 0 spiro atoms. The molecule has 0 aliphatic heterocycles. The van der Waals surface area contributed by atoms with Crippen molar-refractivity contribution in [1.29, 1.82) is 0 Å². The standard InChI is InChI=1S/C15H14N2O3/c1-19-17-14(15(16)18)12-9-5-6-10-13(12)20-11-7-3-2-4-8-11/h2-10H,1H3,(H2,16,18)/b17-14-. The predicted molar refractivity (Wildman–Crippen MR) is 75.7 cm³/mol. The molecule has 0 saturated carbocycles. The maximum Gasteiger partial charge on any atom is 0.271 e. The second-order valence-electron chi connectivity index (χ2n) is 3.90. The Morgan fingerprint density at radius 1 is 1.05 bits per heavy atom. The van der Waals surface area contributed by atoms with E-state index in [0.29, 0.717) is 17.1 Å². The van der Waals surface area contributed by atoms with E-state index in [4.69, 9.17) is 10.5 Å². The summed E-state index contributed by atoms with van der Waals surface area (Å²) in [4.78, 5) is 16.1. The summed E-state index contributed by atoms with van der Waals surface area (Å²) in [6, 6.07) is 16.2. The van der Waals surface area contributed by atoms with Gasteiger partial charge >= 0.3 is 0 Å². The Labute approximate surface area is 116 Å². The largest absolute Gasteiger partial charge is 0.457 e. The highest BCUT2D eigenvalue weighted by molar-refractivity contribution is 6.45. The van der Waals surface area contributed by atoms with Crippen LogP contribution in [0.15, 0.2) is 59.8 Å². The number of carbonyl (C=O) groups excluding carboxylic acids is 1. The molecule has 0 atom stereocenters. The summed E-state index contributed by atoms with van der Waals surface area (Å²) >= 11 is 0. The van der Waals surface area contributed by atoms with Gasteiger partial charge in [0, 0.05) is 0 Å². The number of primary amides is 1. The Kier molecular flexibility index (Phi) is 4.34. The first-order chi connectivity index (χ1) is 9.72. The van der Waals surface area contributed by atoms with Crippen molar-refractivity contribution in [3.8, 4) is 11.5 Å². The topological polar surface area (TPSA) is 73.9 Å². The van der Waals surface area contributed by atoms with E-state index in [1.165, 1.54) is 7.11 Å². The highest BCUT2D eigenvalue weighted by atomic mass is 16.6. The molecule has 2 N–H and O–H groups in total. The molecule has 2 aromatic carbocycles. The lowest BCUT2D eigenvalue weighted by molar-refractivity contribution is -0.112. The number of para-hydroxylation sites is 2. The fraction of sp³-hybridized carbons (Fsp3) is 0.0667. The summed E-state index contributed by atoms with van der Waals surface area (Å²) in [6.45, 7) is 0. The van der Waals surface area contributed by atoms with Crippen LogP contribution in [0.2, 0.25) is 0 Å². The van der Waals surface area contributed by atoms with Gasteiger partial charge in [0.2, 0.25) is 0 Å². The maximum atomic E-state index is 11.5. The van der Waals surface area contributed by atoms with Crippen LogP contribution in [0.25, 0.3) is 0 Å². The molecule has 0 radical (unpaired) electrons. The molecule has 0 aromatic heterocycles. The number of benzene rings is 2. The van der Waals surface area contributed by atoms with E-state index >= 15 is 0 Å². The van der Waals surface area contributed by atoms with Crippen LogP contribution in [-0.2, 0) is 9.63 Å². The average Bonchev–Trinajstić information content (AvgIpc) is 2.46. The fourth-order valence-corrected chi connectivity index (χ4v) is 1.68. The van der Waals surface area contributed by atoms with Crippen molar-refractivity contribution < 1.29 is 14.4 Å². The number of ether oxygens (including phenoxy) is 1. The number of nitrogens with zero attached hydrogens (tertiary/aromatic N) is 1. The smallest absolute Gasteiger partial charge is 0.271 e. The van der Waals surface area contributed by atoms with Crippen LogP contribution >= 0.6 is 0 Å². The monoisotopic (exact) mass is 270 g/mol. The predicted octanol–water partition coefficient (Wildman–Crippen LogP) is 2.31. The Balaban J connectivity index is 2.40. The van der Waals surface area contributed by atoms with Crippen molar-refractivity contribution in [3.63, 3.8) is 0 Å². The summed E-state index contributed by atoms with van der Waals surface area (Å²) in [5.41, 5.74) is 5.80. The van der Waals surface area contributed by atoms with Gasteiger partial charge in [0.15, 0.2) is 5.71 Å². The third-order valence-corrected chi connectivity index (χ3v) is 2.53. The van der Waals surface area contributed by atoms with Crippen molar-refractivity contribution in [2.45, 2.75) is 0 Å². The van der Waals surface area contributed by atoms with Crippen LogP contribution in [0.3, 0.4) is 0 Å². The van der Waals surface area contributed by atoms with Crippen LogP contribution in [-0.4, -0.2) is 18.7 Å². The summed E-state index contributed by atoms with van der Waals surface area (Å²) in [6.07, 6.45) is 0. The number of hydrogen-bond donors (Lipinski definition) is 1. The Morgan fingerprint density at radius 2 is 1.70 bits per heavy atom. The fourth-order valence-electron chi connectivity index (χ4n) is 1.68. The van der Waals surface area contributed by atoms with Gasteiger partial charge in [-0.2, -0.15) is 0 Å². The first kappa shape index (κ1) is 13.6. The van der Waals surface area contributed by atoms with E-state index in [9.17, 15) is 4.79 Å². The Bertz CT molecular complexity index is 624.